The first kappa shape index (κ1) is 15.6. The third-order valence-electron chi connectivity index (χ3n) is 3.68. The summed E-state index contributed by atoms with van der Waals surface area (Å²) in [6.07, 6.45) is 1.41. The minimum Gasteiger partial charge on any atom is -0.397 e. The van der Waals surface area contributed by atoms with Crippen molar-refractivity contribution in [3.05, 3.63) is 22.7 Å². The van der Waals surface area contributed by atoms with E-state index in [0.29, 0.717) is 30.1 Å². The average molecular weight is 319 g/mol. The van der Waals surface area contributed by atoms with E-state index < -0.39 is 10.0 Å². The van der Waals surface area contributed by atoms with Crippen LogP contribution >= 0.6 is 11.6 Å². The predicted octanol–water partition coefficient (Wildman–Crippen LogP) is 1.62. The molecule has 0 radical (unpaired) electrons. The minimum atomic E-state index is -3.54. The van der Waals surface area contributed by atoms with Crippen LogP contribution in [-0.4, -0.2) is 37.5 Å². The Bertz CT molecular complexity index is 581. The van der Waals surface area contributed by atoms with Crippen molar-refractivity contribution in [1.29, 1.82) is 0 Å². The second-order valence-corrected chi connectivity index (χ2v) is 7.49. The number of aliphatic hydroxyl groups is 1. The van der Waals surface area contributed by atoms with Crippen LogP contribution in [0.3, 0.4) is 0 Å². The van der Waals surface area contributed by atoms with Gasteiger partial charge in [0.2, 0.25) is 10.0 Å². The first-order valence-electron chi connectivity index (χ1n) is 6.53. The van der Waals surface area contributed by atoms with Gasteiger partial charge in [0.15, 0.2) is 0 Å². The van der Waals surface area contributed by atoms with E-state index in [1.165, 1.54) is 10.4 Å². The van der Waals surface area contributed by atoms with Gasteiger partial charge in [0.1, 0.15) is 0 Å². The smallest absolute Gasteiger partial charge is 0.243 e. The van der Waals surface area contributed by atoms with Crippen LogP contribution in [0.5, 0.6) is 0 Å². The Morgan fingerprint density at radius 3 is 2.80 bits per heavy atom. The number of halogens is 1. The number of nitrogens with zero attached hydrogens (tertiary/aromatic N) is 1. The Morgan fingerprint density at radius 2 is 2.20 bits per heavy atom. The third-order valence-corrected chi connectivity index (χ3v) is 6.04. The summed E-state index contributed by atoms with van der Waals surface area (Å²) in [7, 11) is -3.54. The SMILES string of the molecule is Cc1cc(S(=O)(=O)N2CCC(CCO)C2)cc(N)c1Cl. The van der Waals surface area contributed by atoms with Gasteiger partial charge in [-0.15, -0.1) is 0 Å². The number of benzene rings is 1. The molecular weight excluding hydrogens is 300 g/mol. The topological polar surface area (TPSA) is 83.6 Å². The lowest BCUT2D eigenvalue weighted by molar-refractivity contribution is 0.259. The lowest BCUT2D eigenvalue weighted by atomic mass is 10.1. The molecule has 3 N–H and O–H groups in total. The van der Waals surface area contributed by atoms with Crippen molar-refractivity contribution in [2.45, 2.75) is 24.7 Å². The molecule has 1 aromatic carbocycles. The number of aryl methyl sites for hydroxylation is 1. The van der Waals surface area contributed by atoms with Crippen LogP contribution in [0.1, 0.15) is 18.4 Å². The first-order chi connectivity index (χ1) is 9.36. The Labute approximate surface area is 124 Å². The summed E-state index contributed by atoms with van der Waals surface area (Å²) in [4.78, 5) is 0.182. The van der Waals surface area contributed by atoms with Gasteiger partial charge in [-0.25, -0.2) is 8.42 Å². The fraction of sp³-hybridized carbons (Fsp3) is 0.538. The molecule has 0 bridgehead atoms. The Kier molecular flexibility index (Phi) is 4.59. The van der Waals surface area contributed by atoms with Crippen molar-refractivity contribution < 1.29 is 13.5 Å². The summed E-state index contributed by atoms with van der Waals surface area (Å²) < 4.78 is 26.6. The zero-order valence-electron chi connectivity index (χ0n) is 11.3. The number of nitrogen functional groups attached to an aromatic ring is 1. The van der Waals surface area contributed by atoms with Gasteiger partial charge in [0.05, 0.1) is 15.6 Å². The Morgan fingerprint density at radius 1 is 1.50 bits per heavy atom. The van der Waals surface area contributed by atoms with Crippen LogP contribution in [-0.2, 0) is 10.0 Å². The van der Waals surface area contributed by atoms with Crippen LogP contribution in [0.15, 0.2) is 17.0 Å². The number of hydrogen-bond donors (Lipinski definition) is 2. The van der Waals surface area contributed by atoms with Gasteiger partial charge >= 0.3 is 0 Å². The molecule has 0 saturated carbocycles. The normalized spacial score (nSPS) is 20.4. The summed E-state index contributed by atoms with van der Waals surface area (Å²) >= 11 is 5.96. The minimum absolute atomic E-state index is 0.0888. The van der Waals surface area contributed by atoms with Gasteiger partial charge < -0.3 is 10.8 Å². The monoisotopic (exact) mass is 318 g/mol. The number of sulfonamides is 1. The highest BCUT2D eigenvalue weighted by Gasteiger charge is 2.32. The zero-order valence-corrected chi connectivity index (χ0v) is 12.9. The lowest BCUT2D eigenvalue weighted by Gasteiger charge is -2.17. The molecule has 1 aliphatic rings. The molecule has 1 fully saturated rings. The van der Waals surface area contributed by atoms with Crippen molar-refractivity contribution in [2.75, 3.05) is 25.4 Å². The molecule has 0 spiro atoms. The summed E-state index contributed by atoms with van der Waals surface area (Å²) in [6, 6.07) is 2.96. The fourth-order valence-corrected chi connectivity index (χ4v) is 4.26. The molecule has 5 nitrogen and oxygen atoms in total. The number of aliphatic hydroxyl groups excluding tert-OH is 1. The van der Waals surface area contributed by atoms with Crippen molar-refractivity contribution >= 4 is 27.3 Å². The predicted molar refractivity (Wildman–Crippen MR) is 79.2 cm³/mol. The van der Waals surface area contributed by atoms with E-state index in [2.05, 4.69) is 0 Å². The van der Waals surface area contributed by atoms with Crippen molar-refractivity contribution in [3.8, 4) is 0 Å². The highest BCUT2D eigenvalue weighted by Crippen LogP contribution is 2.31. The zero-order chi connectivity index (χ0) is 14.9. The number of nitrogens with two attached hydrogens (primary N) is 1. The molecule has 2 rings (SSSR count). The van der Waals surface area contributed by atoms with E-state index in [9.17, 15) is 8.42 Å². The van der Waals surface area contributed by atoms with E-state index in [1.54, 1.807) is 13.0 Å². The maximum Gasteiger partial charge on any atom is 0.243 e. The van der Waals surface area contributed by atoms with Gasteiger partial charge in [-0.05, 0) is 43.4 Å². The lowest BCUT2D eigenvalue weighted by Crippen LogP contribution is -2.29. The van der Waals surface area contributed by atoms with Gasteiger partial charge in [0.25, 0.3) is 0 Å². The highest BCUT2D eigenvalue weighted by molar-refractivity contribution is 7.89. The van der Waals surface area contributed by atoms with E-state index in [-0.39, 0.29) is 23.1 Å². The van der Waals surface area contributed by atoms with Gasteiger partial charge in [-0.3, -0.25) is 0 Å². The van der Waals surface area contributed by atoms with Gasteiger partial charge in [-0.1, -0.05) is 11.6 Å². The van der Waals surface area contributed by atoms with Crippen LogP contribution in [0.4, 0.5) is 5.69 Å². The van der Waals surface area contributed by atoms with E-state index >= 15 is 0 Å². The Hall–Kier alpha value is -0.820. The molecule has 7 heteroatoms. The summed E-state index contributed by atoms with van der Waals surface area (Å²) in [6.45, 7) is 2.75. The standard InChI is InChI=1S/C13H19ClN2O3S/c1-9-6-11(7-12(15)13(9)14)20(18,19)16-4-2-10(8-16)3-5-17/h6-7,10,17H,2-5,8,15H2,1H3. The average Bonchev–Trinajstić information content (AvgIpc) is 2.85. The molecule has 1 saturated heterocycles. The van der Waals surface area contributed by atoms with Crippen LogP contribution < -0.4 is 5.73 Å². The third kappa shape index (κ3) is 2.93. The molecule has 1 unspecified atom stereocenters. The molecule has 112 valence electrons. The van der Waals surface area contributed by atoms with E-state index in [1.807, 2.05) is 0 Å². The van der Waals surface area contributed by atoms with Crippen molar-refractivity contribution in [2.24, 2.45) is 5.92 Å². The van der Waals surface area contributed by atoms with Crippen LogP contribution in [0, 0.1) is 12.8 Å². The van der Waals surface area contributed by atoms with Gasteiger partial charge in [0, 0.05) is 19.7 Å². The molecule has 0 amide bonds. The summed E-state index contributed by atoms with van der Waals surface area (Å²) in [5, 5.41) is 9.33. The molecule has 0 aliphatic carbocycles. The van der Waals surface area contributed by atoms with Crippen LogP contribution in [0.2, 0.25) is 5.02 Å². The second kappa shape index (κ2) is 5.89. The molecule has 1 aliphatic heterocycles. The highest BCUT2D eigenvalue weighted by atomic mass is 35.5. The van der Waals surface area contributed by atoms with Crippen molar-refractivity contribution in [3.63, 3.8) is 0 Å². The maximum absolute atomic E-state index is 12.6. The number of rotatable bonds is 4. The van der Waals surface area contributed by atoms with E-state index in [4.69, 9.17) is 22.4 Å². The molecule has 1 aromatic rings. The number of hydrogen-bond acceptors (Lipinski definition) is 4. The largest absolute Gasteiger partial charge is 0.397 e. The van der Waals surface area contributed by atoms with Crippen molar-refractivity contribution in [1.82, 2.24) is 4.31 Å². The number of anilines is 1. The second-order valence-electron chi connectivity index (χ2n) is 5.17. The molecular formula is C13H19ClN2O3S. The maximum atomic E-state index is 12.6. The Balaban J connectivity index is 2.28. The van der Waals surface area contributed by atoms with Crippen LogP contribution in [0.25, 0.3) is 0 Å². The quantitative estimate of drug-likeness (QED) is 0.826. The molecule has 1 heterocycles. The molecule has 20 heavy (non-hydrogen) atoms. The molecule has 0 aromatic heterocycles. The summed E-state index contributed by atoms with van der Waals surface area (Å²) in [5.74, 6) is 0.223. The summed E-state index contributed by atoms with van der Waals surface area (Å²) in [5.41, 5.74) is 6.67. The first-order valence-corrected chi connectivity index (χ1v) is 8.34. The fourth-order valence-electron chi connectivity index (χ4n) is 2.49. The van der Waals surface area contributed by atoms with E-state index in [0.717, 1.165) is 6.42 Å². The van der Waals surface area contributed by atoms with Gasteiger partial charge in [-0.2, -0.15) is 4.31 Å². The molecule has 1 atom stereocenters.